The highest BCUT2D eigenvalue weighted by Gasteiger charge is 2.29. The van der Waals surface area contributed by atoms with Crippen LogP contribution in [0, 0.1) is 6.92 Å². The lowest BCUT2D eigenvalue weighted by atomic mass is 10.1. The lowest BCUT2D eigenvalue weighted by molar-refractivity contribution is 0.0518. The zero-order valence-corrected chi connectivity index (χ0v) is 19.8. The first-order valence-corrected chi connectivity index (χ1v) is 11.6. The van der Waals surface area contributed by atoms with Gasteiger partial charge in [-0.3, -0.25) is 9.59 Å². The Bertz CT molecular complexity index is 1330. The van der Waals surface area contributed by atoms with E-state index in [0.29, 0.717) is 37.5 Å². The number of methoxy groups -OCH3 is 1. The van der Waals surface area contributed by atoms with E-state index < -0.39 is 0 Å². The van der Waals surface area contributed by atoms with Crippen molar-refractivity contribution >= 4 is 11.8 Å². The maximum absolute atomic E-state index is 13.6. The Morgan fingerprint density at radius 3 is 2.20 bits per heavy atom. The number of para-hydroxylation sites is 1. The van der Waals surface area contributed by atoms with Crippen LogP contribution >= 0.6 is 0 Å². The van der Waals surface area contributed by atoms with Crippen molar-refractivity contribution in [1.29, 1.82) is 0 Å². The number of furan rings is 1. The van der Waals surface area contributed by atoms with E-state index in [1.165, 1.54) is 6.26 Å². The van der Waals surface area contributed by atoms with Crippen LogP contribution in [0.2, 0.25) is 0 Å². The highest BCUT2D eigenvalue weighted by molar-refractivity contribution is 5.98. The van der Waals surface area contributed by atoms with Gasteiger partial charge >= 0.3 is 0 Å². The third kappa shape index (κ3) is 4.33. The van der Waals surface area contributed by atoms with E-state index in [4.69, 9.17) is 9.15 Å². The molecular weight excluding hydrogens is 442 g/mol. The molecule has 1 aliphatic heterocycles. The second-order valence-electron chi connectivity index (χ2n) is 8.49. The first-order chi connectivity index (χ1) is 17.1. The van der Waals surface area contributed by atoms with Crippen molar-refractivity contribution in [3.8, 4) is 22.7 Å². The second-order valence-corrected chi connectivity index (χ2v) is 8.49. The number of nitrogens with zero attached hydrogens (tertiary/aromatic N) is 3. The van der Waals surface area contributed by atoms with Gasteiger partial charge in [-0.1, -0.05) is 30.3 Å². The molecule has 0 unspecified atom stereocenters. The average Bonchev–Trinajstić information content (AvgIpc) is 3.57. The number of aromatic nitrogens is 1. The van der Waals surface area contributed by atoms with Gasteiger partial charge in [0.1, 0.15) is 5.75 Å². The summed E-state index contributed by atoms with van der Waals surface area (Å²) in [7, 11) is 1.64. The smallest absolute Gasteiger partial charge is 0.289 e. The second kappa shape index (κ2) is 9.54. The molecule has 1 saturated heterocycles. The molecule has 2 aromatic carbocycles. The van der Waals surface area contributed by atoms with Gasteiger partial charge in [0.25, 0.3) is 11.8 Å². The maximum Gasteiger partial charge on any atom is 0.289 e. The van der Waals surface area contributed by atoms with Gasteiger partial charge in [0.15, 0.2) is 5.76 Å². The number of amides is 2. The van der Waals surface area contributed by atoms with Gasteiger partial charge in [0.2, 0.25) is 0 Å². The fourth-order valence-electron chi connectivity index (χ4n) is 4.57. The number of piperazine rings is 1. The lowest BCUT2D eigenvalue weighted by Crippen LogP contribution is -2.50. The lowest BCUT2D eigenvalue weighted by Gasteiger charge is -2.34. The predicted octanol–water partition coefficient (Wildman–Crippen LogP) is 4.65. The maximum atomic E-state index is 13.6. The Morgan fingerprint density at radius 2 is 1.54 bits per heavy atom. The quantitative estimate of drug-likeness (QED) is 0.427. The molecule has 2 aromatic heterocycles. The molecule has 3 heterocycles. The fraction of sp³-hybridized carbons (Fsp3) is 0.214. The molecule has 0 N–H and O–H groups in total. The van der Waals surface area contributed by atoms with Crippen molar-refractivity contribution in [2.45, 2.75) is 6.92 Å². The van der Waals surface area contributed by atoms with Crippen molar-refractivity contribution < 1.29 is 18.7 Å². The molecule has 5 rings (SSSR count). The van der Waals surface area contributed by atoms with Crippen molar-refractivity contribution in [2.75, 3.05) is 33.3 Å². The van der Waals surface area contributed by atoms with Crippen LogP contribution in [-0.4, -0.2) is 59.5 Å². The molecule has 4 aromatic rings. The Balaban J connectivity index is 1.44. The molecule has 1 aliphatic rings. The minimum atomic E-state index is -0.145. The molecule has 2 amide bonds. The first-order valence-electron chi connectivity index (χ1n) is 11.6. The number of hydrogen-bond donors (Lipinski definition) is 0. The Kier molecular flexibility index (Phi) is 6.14. The molecule has 7 heteroatoms. The SMILES string of the molecule is COc1cccc(-c2cc(C(=O)N3CCN(C(=O)c4ccco4)CC3)c(C)n2-c2ccccc2)c1. The molecule has 0 aliphatic carbocycles. The summed E-state index contributed by atoms with van der Waals surface area (Å²) in [5.74, 6) is 0.898. The van der Waals surface area contributed by atoms with Gasteiger partial charge in [-0.15, -0.1) is 0 Å². The molecule has 0 radical (unpaired) electrons. The van der Waals surface area contributed by atoms with E-state index in [0.717, 1.165) is 28.4 Å². The Labute approximate surface area is 204 Å². The summed E-state index contributed by atoms with van der Waals surface area (Å²) < 4.78 is 12.8. The summed E-state index contributed by atoms with van der Waals surface area (Å²) in [6.07, 6.45) is 1.49. The summed E-state index contributed by atoms with van der Waals surface area (Å²) in [4.78, 5) is 29.8. The molecule has 0 atom stereocenters. The van der Waals surface area contributed by atoms with E-state index in [2.05, 4.69) is 4.57 Å². The normalized spacial score (nSPS) is 13.7. The third-order valence-corrected chi connectivity index (χ3v) is 6.44. The molecule has 1 fully saturated rings. The average molecular weight is 470 g/mol. The zero-order chi connectivity index (χ0) is 24.4. The largest absolute Gasteiger partial charge is 0.497 e. The van der Waals surface area contributed by atoms with E-state index in [1.54, 1.807) is 24.1 Å². The Hall–Kier alpha value is -4.26. The van der Waals surface area contributed by atoms with E-state index in [1.807, 2.05) is 72.5 Å². The summed E-state index contributed by atoms with van der Waals surface area (Å²) >= 11 is 0. The number of benzene rings is 2. The standard InChI is InChI=1S/C28H27N3O4/c1-20-24(27(32)29-13-15-30(16-14-29)28(33)26-12-7-17-35-26)19-25(21-8-6-11-23(18-21)34-2)31(20)22-9-4-3-5-10-22/h3-12,17-19H,13-16H2,1-2H3. The summed E-state index contributed by atoms with van der Waals surface area (Å²) in [5, 5.41) is 0. The third-order valence-electron chi connectivity index (χ3n) is 6.44. The highest BCUT2D eigenvalue weighted by atomic mass is 16.5. The van der Waals surface area contributed by atoms with Crippen LogP contribution in [-0.2, 0) is 0 Å². The van der Waals surface area contributed by atoms with E-state index in [9.17, 15) is 9.59 Å². The topological polar surface area (TPSA) is 67.9 Å². The van der Waals surface area contributed by atoms with Crippen molar-refractivity contribution in [2.24, 2.45) is 0 Å². The Morgan fingerprint density at radius 1 is 0.829 bits per heavy atom. The van der Waals surface area contributed by atoms with Gasteiger partial charge < -0.3 is 23.5 Å². The van der Waals surface area contributed by atoms with Crippen LogP contribution in [0.3, 0.4) is 0 Å². The molecule has 0 bridgehead atoms. The van der Waals surface area contributed by atoms with Gasteiger partial charge in [0.05, 0.1) is 24.6 Å². The monoisotopic (exact) mass is 469 g/mol. The molecule has 35 heavy (non-hydrogen) atoms. The molecule has 0 spiro atoms. The summed E-state index contributed by atoms with van der Waals surface area (Å²) in [6.45, 7) is 3.84. The van der Waals surface area contributed by atoms with Crippen molar-refractivity contribution in [1.82, 2.24) is 14.4 Å². The minimum Gasteiger partial charge on any atom is -0.497 e. The van der Waals surface area contributed by atoms with Gasteiger partial charge in [0, 0.05) is 43.1 Å². The number of ether oxygens (including phenoxy) is 1. The summed E-state index contributed by atoms with van der Waals surface area (Å²) in [6, 6.07) is 23.2. The van der Waals surface area contributed by atoms with Gasteiger partial charge in [-0.2, -0.15) is 0 Å². The minimum absolute atomic E-state index is 0.0357. The molecule has 178 valence electrons. The van der Waals surface area contributed by atoms with Crippen LogP contribution in [0.1, 0.15) is 26.6 Å². The highest BCUT2D eigenvalue weighted by Crippen LogP contribution is 2.32. The molecular formula is C28H27N3O4. The zero-order valence-electron chi connectivity index (χ0n) is 19.8. The van der Waals surface area contributed by atoms with Gasteiger partial charge in [-0.25, -0.2) is 0 Å². The summed E-state index contributed by atoms with van der Waals surface area (Å²) in [5.41, 5.74) is 4.38. The molecule has 7 nitrogen and oxygen atoms in total. The predicted molar refractivity (Wildman–Crippen MR) is 133 cm³/mol. The number of carbonyl (C=O) groups is 2. The van der Waals surface area contributed by atoms with E-state index >= 15 is 0 Å². The van der Waals surface area contributed by atoms with Crippen molar-refractivity contribution in [3.63, 3.8) is 0 Å². The fourth-order valence-corrected chi connectivity index (χ4v) is 4.57. The van der Waals surface area contributed by atoms with Crippen LogP contribution < -0.4 is 4.74 Å². The van der Waals surface area contributed by atoms with E-state index in [-0.39, 0.29) is 11.8 Å². The number of hydrogen-bond acceptors (Lipinski definition) is 4. The number of carbonyl (C=O) groups excluding carboxylic acids is 2. The van der Waals surface area contributed by atoms with Gasteiger partial charge in [-0.05, 0) is 49.4 Å². The molecule has 0 saturated carbocycles. The van der Waals surface area contributed by atoms with Crippen LogP contribution in [0.25, 0.3) is 16.9 Å². The van der Waals surface area contributed by atoms with Crippen molar-refractivity contribution in [3.05, 3.63) is 96.1 Å². The number of rotatable bonds is 5. The first kappa shape index (κ1) is 22.5. The van der Waals surface area contributed by atoms with Crippen LogP contribution in [0.4, 0.5) is 0 Å². The van der Waals surface area contributed by atoms with Crippen LogP contribution in [0.15, 0.2) is 83.5 Å². The van der Waals surface area contributed by atoms with Crippen LogP contribution in [0.5, 0.6) is 5.75 Å².